The maximum atomic E-state index is 9.35. The standard InChI is InChI=1S/C15H16BClO3S/c1-20-15-7-6-11(8-13(15)16(18)19)9-21-10-12-4-2-3-5-14(12)17/h2-8,18-19H,9-10H2,1H3. The van der Waals surface area contributed by atoms with Crippen LogP contribution in [0.2, 0.25) is 5.02 Å². The fourth-order valence-corrected chi connectivity index (χ4v) is 3.24. The van der Waals surface area contributed by atoms with Gasteiger partial charge < -0.3 is 14.8 Å². The summed E-state index contributed by atoms with van der Waals surface area (Å²) in [7, 11) is -0.0268. The van der Waals surface area contributed by atoms with Gasteiger partial charge in [-0.05, 0) is 23.3 Å². The lowest BCUT2D eigenvalue weighted by Gasteiger charge is -2.10. The molecule has 0 spiro atoms. The third-order valence-corrected chi connectivity index (χ3v) is 4.48. The molecule has 2 aromatic carbocycles. The Kier molecular flexibility index (Phi) is 6.00. The first-order chi connectivity index (χ1) is 10.1. The fraction of sp³-hybridized carbons (Fsp3) is 0.200. The highest BCUT2D eigenvalue weighted by atomic mass is 35.5. The average Bonchev–Trinajstić information content (AvgIpc) is 2.49. The van der Waals surface area contributed by atoms with Crippen molar-refractivity contribution >= 4 is 35.9 Å². The number of hydrogen-bond donors (Lipinski definition) is 2. The van der Waals surface area contributed by atoms with E-state index in [4.69, 9.17) is 16.3 Å². The summed E-state index contributed by atoms with van der Waals surface area (Å²) in [6, 6.07) is 13.2. The van der Waals surface area contributed by atoms with Crippen molar-refractivity contribution < 1.29 is 14.8 Å². The Balaban J connectivity index is 2.00. The van der Waals surface area contributed by atoms with Crippen LogP contribution in [0.5, 0.6) is 5.75 Å². The van der Waals surface area contributed by atoms with Gasteiger partial charge >= 0.3 is 7.12 Å². The van der Waals surface area contributed by atoms with Crippen molar-refractivity contribution in [3.05, 3.63) is 58.6 Å². The minimum atomic E-state index is -1.53. The first-order valence-corrected chi connectivity index (χ1v) is 7.99. The molecule has 0 atom stereocenters. The zero-order valence-corrected chi connectivity index (χ0v) is 13.2. The van der Waals surface area contributed by atoms with Gasteiger partial charge in [0.15, 0.2) is 0 Å². The first-order valence-electron chi connectivity index (χ1n) is 6.46. The van der Waals surface area contributed by atoms with Crippen molar-refractivity contribution in [2.75, 3.05) is 7.11 Å². The summed E-state index contributed by atoms with van der Waals surface area (Å²) in [5.41, 5.74) is 2.49. The Morgan fingerprint density at radius 3 is 2.57 bits per heavy atom. The second kappa shape index (κ2) is 7.75. The number of rotatable bonds is 6. The zero-order chi connectivity index (χ0) is 15.2. The van der Waals surface area contributed by atoms with E-state index < -0.39 is 7.12 Å². The molecule has 21 heavy (non-hydrogen) atoms. The molecule has 110 valence electrons. The lowest BCUT2D eigenvalue weighted by Crippen LogP contribution is -2.31. The number of hydrogen-bond acceptors (Lipinski definition) is 4. The van der Waals surface area contributed by atoms with Crippen molar-refractivity contribution in [2.24, 2.45) is 0 Å². The molecule has 0 fully saturated rings. The van der Waals surface area contributed by atoms with Crippen LogP contribution in [-0.2, 0) is 11.5 Å². The molecule has 0 heterocycles. The Morgan fingerprint density at radius 1 is 1.14 bits per heavy atom. The van der Waals surface area contributed by atoms with Crippen molar-refractivity contribution in [1.82, 2.24) is 0 Å². The van der Waals surface area contributed by atoms with Crippen LogP contribution in [0.3, 0.4) is 0 Å². The van der Waals surface area contributed by atoms with E-state index in [2.05, 4.69) is 0 Å². The van der Waals surface area contributed by atoms with Crippen LogP contribution in [0.25, 0.3) is 0 Å². The van der Waals surface area contributed by atoms with Gasteiger partial charge in [0.2, 0.25) is 0 Å². The van der Waals surface area contributed by atoms with Gasteiger partial charge in [0.05, 0.1) is 7.11 Å². The van der Waals surface area contributed by atoms with Gasteiger partial charge in [-0.25, -0.2) is 0 Å². The van der Waals surface area contributed by atoms with Gasteiger partial charge in [0.25, 0.3) is 0 Å². The van der Waals surface area contributed by atoms with Gasteiger partial charge in [-0.15, -0.1) is 0 Å². The summed E-state index contributed by atoms with van der Waals surface area (Å²) in [4.78, 5) is 0. The molecule has 0 radical (unpaired) electrons. The van der Waals surface area contributed by atoms with Crippen molar-refractivity contribution in [2.45, 2.75) is 11.5 Å². The molecular weight excluding hydrogens is 306 g/mol. The number of thioether (sulfide) groups is 1. The average molecular weight is 323 g/mol. The van der Waals surface area contributed by atoms with Crippen molar-refractivity contribution in [1.29, 1.82) is 0 Å². The summed E-state index contributed by atoms with van der Waals surface area (Å²) < 4.78 is 5.11. The predicted molar refractivity (Wildman–Crippen MR) is 89.3 cm³/mol. The van der Waals surface area contributed by atoms with Crippen LogP contribution in [0.1, 0.15) is 11.1 Å². The van der Waals surface area contributed by atoms with E-state index in [0.29, 0.717) is 11.2 Å². The van der Waals surface area contributed by atoms with Gasteiger partial charge in [-0.2, -0.15) is 11.8 Å². The van der Waals surface area contributed by atoms with E-state index in [9.17, 15) is 10.0 Å². The summed E-state index contributed by atoms with van der Waals surface area (Å²) in [5.74, 6) is 2.04. The fourth-order valence-electron chi connectivity index (χ4n) is 1.97. The van der Waals surface area contributed by atoms with E-state index in [1.807, 2.05) is 30.3 Å². The molecule has 0 amide bonds. The Hall–Kier alpha value is -1.14. The summed E-state index contributed by atoms with van der Waals surface area (Å²) in [6.07, 6.45) is 0. The molecule has 0 unspecified atom stereocenters. The van der Waals surface area contributed by atoms with Crippen LogP contribution < -0.4 is 10.2 Å². The van der Waals surface area contributed by atoms with Gasteiger partial charge in [-0.1, -0.05) is 41.9 Å². The van der Waals surface area contributed by atoms with Gasteiger partial charge in [0, 0.05) is 22.0 Å². The van der Waals surface area contributed by atoms with Gasteiger partial charge in [-0.3, -0.25) is 0 Å². The second-order valence-electron chi connectivity index (χ2n) is 4.53. The van der Waals surface area contributed by atoms with Crippen LogP contribution in [0, 0.1) is 0 Å². The highest BCUT2D eigenvalue weighted by Gasteiger charge is 2.17. The molecule has 2 N–H and O–H groups in total. The largest absolute Gasteiger partial charge is 0.497 e. The molecule has 2 rings (SSSR count). The molecule has 0 aliphatic rings. The molecule has 0 aliphatic carbocycles. The van der Waals surface area contributed by atoms with Crippen LogP contribution >= 0.6 is 23.4 Å². The second-order valence-corrected chi connectivity index (χ2v) is 5.93. The monoisotopic (exact) mass is 322 g/mol. The molecule has 0 aromatic heterocycles. The summed E-state index contributed by atoms with van der Waals surface area (Å²) >= 11 is 7.84. The Labute approximate surface area is 134 Å². The lowest BCUT2D eigenvalue weighted by atomic mass is 9.79. The van der Waals surface area contributed by atoms with Crippen molar-refractivity contribution in [3.63, 3.8) is 0 Å². The normalized spacial score (nSPS) is 10.5. The Morgan fingerprint density at radius 2 is 1.90 bits per heavy atom. The third kappa shape index (κ3) is 4.41. The van der Waals surface area contributed by atoms with E-state index in [0.717, 1.165) is 27.7 Å². The maximum Gasteiger partial charge on any atom is 0.492 e. The molecule has 2 aromatic rings. The molecule has 0 saturated heterocycles. The molecule has 0 saturated carbocycles. The summed E-state index contributed by atoms with van der Waals surface area (Å²) in [6.45, 7) is 0. The van der Waals surface area contributed by atoms with Crippen LogP contribution in [0.15, 0.2) is 42.5 Å². The number of methoxy groups -OCH3 is 1. The smallest absolute Gasteiger partial charge is 0.492 e. The number of benzene rings is 2. The molecule has 6 heteroatoms. The SMILES string of the molecule is COc1ccc(CSCc2ccccc2Cl)cc1B(O)O. The van der Waals surface area contributed by atoms with E-state index >= 15 is 0 Å². The topological polar surface area (TPSA) is 49.7 Å². The Bertz CT molecular complexity index is 607. The zero-order valence-electron chi connectivity index (χ0n) is 11.6. The lowest BCUT2D eigenvalue weighted by molar-refractivity contribution is 0.403. The highest BCUT2D eigenvalue weighted by molar-refractivity contribution is 7.97. The number of ether oxygens (including phenoxy) is 1. The van der Waals surface area contributed by atoms with Crippen LogP contribution in [-0.4, -0.2) is 24.3 Å². The maximum absolute atomic E-state index is 9.35. The minimum Gasteiger partial charge on any atom is -0.497 e. The third-order valence-electron chi connectivity index (χ3n) is 3.06. The molecule has 0 aliphatic heterocycles. The van der Waals surface area contributed by atoms with Crippen LogP contribution in [0.4, 0.5) is 0 Å². The van der Waals surface area contributed by atoms with Crippen molar-refractivity contribution in [3.8, 4) is 5.75 Å². The first kappa shape index (κ1) is 16.2. The highest BCUT2D eigenvalue weighted by Crippen LogP contribution is 2.23. The molecule has 0 bridgehead atoms. The van der Waals surface area contributed by atoms with E-state index in [-0.39, 0.29) is 0 Å². The summed E-state index contributed by atoms with van der Waals surface area (Å²) in [5, 5.41) is 19.5. The molecule has 3 nitrogen and oxygen atoms in total. The minimum absolute atomic E-state index is 0.383. The quantitative estimate of drug-likeness (QED) is 0.802. The van der Waals surface area contributed by atoms with E-state index in [1.165, 1.54) is 7.11 Å². The number of halogens is 1. The van der Waals surface area contributed by atoms with Gasteiger partial charge in [0.1, 0.15) is 5.75 Å². The molecular formula is C15H16BClO3S. The predicted octanol–water partition coefficient (Wildman–Crippen LogP) is 2.46. The van der Waals surface area contributed by atoms with E-state index in [1.54, 1.807) is 23.9 Å².